The van der Waals surface area contributed by atoms with Crippen molar-refractivity contribution in [2.75, 3.05) is 18.0 Å². The summed E-state index contributed by atoms with van der Waals surface area (Å²) in [5.41, 5.74) is 2.85. The molecule has 0 N–H and O–H groups in total. The highest BCUT2D eigenvalue weighted by Gasteiger charge is 2.17. The SMILES string of the molecule is Cc1ccc(I)cc1N1CCC(C)CC1. The summed E-state index contributed by atoms with van der Waals surface area (Å²) in [6.45, 7) is 7.02. The normalized spacial score (nSPS) is 18.2. The average Bonchev–Trinajstić information content (AvgIpc) is 2.23. The Morgan fingerprint density at radius 1 is 1.27 bits per heavy atom. The Balaban J connectivity index is 2.18. The quantitative estimate of drug-likeness (QED) is 0.712. The molecule has 1 saturated heterocycles. The van der Waals surface area contributed by atoms with E-state index < -0.39 is 0 Å². The monoisotopic (exact) mass is 315 g/mol. The molecule has 1 fully saturated rings. The molecule has 1 heterocycles. The molecule has 82 valence electrons. The molecule has 0 unspecified atom stereocenters. The molecule has 1 aromatic rings. The first-order valence-corrected chi connectivity index (χ1v) is 6.76. The van der Waals surface area contributed by atoms with Crippen LogP contribution < -0.4 is 4.90 Å². The number of benzene rings is 1. The second-order valence-electron chi connectivity index (χ2n) is 4.60. The Morgan fingerprint density at radius 2 is 1.93 bits per heavy atom. The Morgan fingerprint density at radius 3 is 2.60 bits per heavy atom. The molecule has 2 rings (SSSR count). The standard InChI is InChI=1S/C13H18IN/c1-10-5-7-15(8-6-10)13-9-12(14)4-3-11(13)2/h3-4,9-10H,5-8H2,1-2H3. The minimum atomic E-state index is 0.907. The van der Waals surface area contributed by atoms with Gasteiger partial charge in [-0.2, -0.15) is 0 Å². The molecule has 0 bridgehead atoms. The predicted molar refractivity (Wildman–Crippen MR) is 74.5 cm³/mol. The topological polar surface area (TPSA) is 3.24 Å². The summed E-state index contributed by atoms with van der Waals surface area (Å²) in [6.07, 6.45) is 2.68. The maximum absolute atomic E-state index is 2.54. The van der Waals surface area contributed by atoms with Crippen LogP contribution in [0, 0.1) is 16.4 Å². The molecule has 0 spiro atoms. The van der Waals surface area contributed by atoms with Gasteiger partial charge in [-0.15, -0.1) is 0 Å². The van der Waals surface area contributed by atoms with Crippen molar-refractivity contribution in [3.05, 3.63) is 27.3 Å². The van der Waals surface area contributed by atoms with Crippen molar-refractivity contribution < 1.29 is 0 Å². The zero-order valence-corrected chi connectivity index (χ0v) is 11.6. The number of hydrogen-bond donors (Lipinski definition) is 0. The van der Waals surface area contributed by atoms with E-state index in [0.717, 1.165) is 5.92 Å². The van der Waals surface area contributed by atoms with Gasteiger partial charge in [-0.1, -0.05) is 13.0 Å². The van der Waals surface area contributed by atoms with Crippen LogP contribution in [0.5, 0.6) is 0 Å². The summed E-state index contributed by atoms with van der Waals surface area (Å²) < 4.78 is 1.34. The summed E-state index contributed by atoms with van der Waals surface area (Å²) in [4.78, 5) is 2.54. The molecule has 0 aliphatic carbocycles. The number of nitrogens with zero attached hydrogens (tertiary/aromatic N) is 1. The van der Waals surface area contributed by atoms with Crippen molar-refractivity contribution in [3.8, 4) is 0 Å². The van der Waals surface area contributed by atoms with Gasteiger partial charge in [-0.25, -0.2) is 0 Å². The zero-order chi connectivity index (χ0) is 10.8. The molecule has 0 saturated carbocycles. The van der Waals surface area contributed by atoms with Crippen LogP contribution in [0.15, 0.2) is 18.2 Å². The molecule has 2 heteroatoms. The van der Waals surface area contributed by atoms with E-state index in [4.69, 9.17) is 0 Å². The van der Waals surface area contributed by atoms with Crippen molar-refractivity contribution in [3.63, 3.8) is 0 Å². The van der Waals surface area contributed by atoms with Crippen molar-refractivity contribution in [1.82, 2.24) is 0 Å². The van der Waals surface area contributed by atoms with Gasteiger partial charge in [-0.05, 0) is 66.0 Å². The second kappa shape index (κ2) is 4.73. The molecule has 0 radical (unpaired) electrons. The van der Waals surface area contributed by atoms with E-state index in [0.29, 0.717) is 0 Å². The third kappa shape index (κ3) is 2.65. The highest BCUT2D eigenvalue weighted by atomic mass is 127. The smallest absolute Gasteiger partial charge is 0.0406 e. The summed E-state index contributed by atoms with van der Waals surface area (Å²) in [6, 6.07) is 6.73. The van der Waals surface area contributed by atoms with Crippen LogP contribution in [0.3, 0.4) is 0 Å². The third-order valence-corrected chi connectivity index (χ3v) is 3.97. The van der Waals surface area contributed by atoms with Crippen LogP contribution >= 0.6 is 22.6 Å². The molecule has 1 aliphatic rings. The molecule has 0 amide bonds. The molecule has 0 atom stereocenters. The third-order valence-electron chi connectivity index (χ3n) is 3.30. The number of hydrogen-bond acceptors (Lipinski definition) is 1. The first-order chi connectivity index (χ1) is 7.16. The summed E-state index contributed by atoms with van der Waals surface area (Å²) in [5.74, 6) is 0.907. The average molecular weight is 315 g/mol. The van der Waals surface area contributed by atoms with Gasteiger partial charge in [0.1, 0.15) is 0 Å². The number of rotatable bonds is 1. The van der Waals surface area contributed by atoms with Gasteiger partial charge in [0.15, 0.2) is 0 Å². The van der Waals surface area contributed by atoms with Crippen LogP contribution in [-0.4, -0.2) is 13.1 Å². The van der Waals surface area contributed by atoms with Crippen LogP contribution in [-0.2, 0) is 0 Å². The van der Waals surface area contributed by atoms with Crippen LogP contribution in [0.25, 0.3) is 0 Å². The first kappa shape index (κ1) is 11.2. The lowest BCUT2D eigenvalue weighted by atomic mass is 9.98. The van der Waals surface area contributed by atoms with Gasteiger partial charge in [0, 0.05) is 22.3 Å². The van der Waals surface area contributed by atoms with E-state index in [1.807, 2.05) is 0 Å². The van der Waals surface area contributed by atoms with E-state index in [-0.39, 0.29) is 0 Å². The van der Waals surface area contributed by atoms with Crippen molar-refractivity contribution >= 4 is 28.3 Å². The Labute approximate surface area is 106 Å². The lowest BCUT2D eigenvalue weighted by Crippen LogP contribution is -2.33. The van der Waals surface area contributed by atoms with Gasteiger partial charge < -0.3 is 4.90 Å². The van der Waals surface area contributed by atoms with Crippen molar-refractivity contribution in [1.29, 1.82) is 0 Å². The summed E-state index contributed by atoms with van der Waals surface area (Å²) in [7, 11) is 0. The number of anilines is 1. The molecule has 1 aromatic carbocycles. The summed E-state index contributed by atoms with van der Waals surface area (Å²) >= 11 is 2.40. The number of halogens is 1. The highest BCUT2D eigenvalue weighted by Crippen LogP contribution is 2.27. The highest BCUT2D eigenvalue weighted by molar-refractivity contribution is 14.1. The van der Waals surface area contributed by atoms with Gasteiger partial charge >= 0.3 is 0 Å². The summed E-state index contributed by atoms with van der Waals surface area (Å²) in [5, 5.41) is 0. The van der Waals surface area contributed by atoms with Crippen LogP contribution in [0.2, 0.25) is 0 Å². The second-order valence-corrected chi connectivity index (χ2v) is 5.85. The lowest BCUT2D eigenvalue weighted by molar-refractivity contribution is 0.438. The van der Waals surface area contributed by atoms with Crippen molar-refractivity contribution in [2.24, 2.45) is 5.92 Å². The first-order valence-electron chi connectivity index (χ1n) is 5.68. The largest absolute Gasteiger partial charge is 0.371 e. The molecule has 0 aromatic heterocycles. The Hall–Kier alpha value is -0.250. The predicted octanol–water partition coefficient (Wildman–Crippen LogP) is 3.84. The Kier molecular flexibility index (Phi) is 3.54. The minimum Gasteiger partial charge on any atom is -0.371 e. The fraction of sp³-hybridized carbons (Fsp3) is 0.538. The Bertz CT molecular complexity index is 340. The van der Waals surface area contributed by atoms with E-state index >= 15 is 0 Å². The van der Waals surface area contributed by atoms with Crippen LogP contribution in [0.4, 0.5) is 5.69 Å². The van der Waals surface area contributed by atoms with E-state index in [1.54, 1.807) is 0 Å². The molecule has 1 nitrogen and oxygen atoms in total. The molecule has 15 heavy (non-hydrogen) atoms. The minimum absolute atomic E-state index is 0.907. The van der Waals surface area contributed by atoms with Crippen LogP contribution in [0.1, 0.15) is 25.3 Å². The molecule has 1 aliphatic heterocycles. The van der Waals surface area contributed by atoms with Gasteiger partial charge in [-0.3, -0.25) is 0 Å². The van der Waals surface area contributed by atoms with Crippen molar-refractivity contribution in [2.45, 2.75) is 26.7 Å². The number of aryl methyl sites for hydroxylation is 1. The maximum Gasteiger partial charge on any atom is 0.0406 e. The van der Waals surface area contributed by atoms with Gasteiger partial charge in [0.25, 0.3) is 0 Å². The molecular weight excluding hydrogens is 297 g/mol. The lowest BCUT2D eigenvalue weighted by Gasteiger charge is -2.33. The maximum atomic E-state index is 2.54. The fourth-order valence-electron chi connectivity index (χ4n) is 2.17. The molecular formula is C13H18IN. The fourth-order valence-corrected chi connectivity index (χ4v) is 2.65. The van der Waals surface area contributed by atoms with Gasteiger partial charge in [0.2, 0.25) is 0 Å². The number of piperidine rings is 1. The van der Waals surface area contributed by atoms with Gasteiger partial charge in [0.05, 0.1) is 0 Å². The van der Waals surface area contributed by atoms with E-state index in [2.05, 4.69) is 59.5 Å². The van der Waals surface area contributed by atoms with E-state index in [1.165, 1.54) is 40.8 Å². The van der Waals surface area contributed by atoms with E-state index in [9.17, 15) is 0 Å². The zero-order valence-electron chi connectivity index (χ0n) is 9.46.